The number of hydrogen-bond acceptors (Lipinski definition) is 2. The Balaban J connectivity index is 2.01. The Morgan fingerprint density at radius 1 is 1.24 bits per heavy atom. The number of fused-ring (bicyclic) bond motifs is 1. The van der Waals surface area contributed by atoms with Crippen molar-refractivity contribution < 1.29 is 4.79 Å². The minimum absolute atomic E-state index is 0.126. The van der Waals surface area contributed by atoms with E-state index in [1.54, 1.807) is 0 Å². The number of likely N-dealkylation sites (tertiary alicyclic amines) is 1. The molecule has 0 aromatic rings. The Morgan fingerprint density at radius 3 is 2.65 bits per heavy atom. The van der Waals surface area contributed by atoms with Crippen molar-refractivity contribution in [3.05, 3.63) is 0 Å². The van der Waals surface area contributed by atoms with Gasteiger partial charge in [-0.25, -0.2) is 0 Å². The summed E-state index contributed by atoms with van der Waals surface area (Å²) < 4.78 is 0. The molecule has 1 saturated heterocycles. The number of carbonyl (C=O) groups excluding carboxylic acids is 1. The van der Waals surface area contributed by atoms with Crippen LogP contribution in [0.25, 0.3) is 0 Å². The van der Waals surface area contributed by atoms with Crippen molar-refractivity contribution in [1.82, 2.24) is 4.90 Å². The standard InChI is InChI=1S/C15H27NO/c1-3-15(2,12-17)11-16-10-6-8-13-7-4-5-9-14(13)16/h12-14H,3-11H2,1-2H3. The molecule has 0 amide bonds. The second kappa shape index (κ2) is 5.51. The predicted octanol–water partition coefficient (Wildman–Crippen LogP) is 3.26. The first-order valence-electron chi connectivity index (χ1n) is 7.39. The number of piperidine rings is 1. The second-order valence-electron chi connectivity index (χ2n) is 6.35. The highest BCUT2D eigenvalue weighted by atomic mass is 16.1. The van der Waals surface area contributed by atoms with Crippen LogP contribution >= 0.6 is 0 Å². The zero-order valence-electron chi connectivity index (χ0n) is 11.5. The lowest BCUT2D eigenvalue weighted by Gasteiger charge is -2.46. The Kier molecular flexibility index (Phi) is 4.24. The van der Waals surface area contributed by atoms with Crippen molar-refractivity contribution in [2.75, 3.05) is 13.1 Å². The third-order valence-corrected chi connectivity index (χ3v) is 5.01. The normalized spacial score (nSPS) is 33.8. The first-order valence-corrected chi connectivity index (χ1v) is 7.39. The molecule has 1 aliphatic heterocycles. The molecule has 0 bridgehead atoms. The van der Waals surface area contributed by atoms with Gasteiger partial charge in [0.1, 0.15) is 6.29 Å². The smallest absolute Gasteiger partial charge is 0.127 e. The first kappa shape index (κ1) is 13.1. The molecule has 2 nitrogen and oxygen atoms in total. The molecule has 0 radical (unpaired) electrons. The van der Waals surface area contributed by atoms with Crippen LogP contribution in [0.2, 0.25) is 0 Å². The van der Waals surface area contributed by atoms with E-state index in [0.717, 1.165) is 24.9 Å². The largest absolute Gasteiger partial charge is 0.303 e. The minimum atomic E-state index is -0.126. The van der Waals surface area contributed by atoms with Gasteiger partial charge < -0.3 is 4.79 Å². The molecule has 1 aliphatic carbocycles. The number of nitrogens with zero attached hydrogens (tertiary/aromatic N) is 1. The van der Waals surface area contributed by atoms with Gasteiger partial charge in [0, 0.05) is 18.0 Å². The van der Waals surface area contributed by atoms with Gasteiger partial charge in [-0.05, 0) is 44.6 Å². The van der Waals surface area contributed by atoms with E-state index in [9.17, 15) is 4.79 Å². The average molecular weight is 237 g/mol. The lowest BCUT2D eigenvalue weighted by molar-refractivity contribution is -0.117. The lowest BCUT2D eigenvalue weighted by atomic mass is 9.77. The maximum absolute atomic E-state index is 11.3. The molecule has 3 atom stereocenters. The zero-order chi connectivity index (χ0) is 12.3. The second-order valence-corrected chi connectivity index (χ2v) is 6.35. The molecule has 2 fully saturated rings. The van der Waals surface area contributed by atoms with Gasteiger partial charge in [0.25, 0.3) is 0 Å². The van der Waals surface area contributed by atoms with Gasteiger partial charge >= 0.3 is 0 Å². The molecule has 0 aromatic carbocycles. The Hall–Kier alpha value is -0.370. The van der Waals surface area contributed by atoms with Crippen molar-refractivity contribution in [1.29, 1.82) is 0 Å². The van der Waals surface area contributed by atoms with Gasteiger partial charge in [-0.15, -0.1) is 0 Å². The topological polar surface area (TPSA) is 20.3 Å². The third kappa shape index (κ3) is 2.90. The minimum Gasteiger partial charge on any atom is -0.303 e. The third-order valence-electron chi connectivity index (χ3n) is 5.01. The maximum Gasteiger partial charge on any atom is 0.127 e. The molecule has 2 aliphatic rings. The molecule has 0 spiro atoms. The molecule has 0 N–H and O–H groups in total. The van der Waals surface area contributed by atoms with Crippen LogP contribution in [0.15, 0.2) is 0 Å². The number of carbonyl (C=O) groups is 1. The monoisotopic (exact) mass is 237 g/mol. The molecule has 2 rings (SSSR count). The van der Waals surface area contributed by atoms with Gasteiger partial charge in [-0.2, -0.15) is 0 Å². The molecule has 98 valence electrons. The summed E-state index contributed by atoms with van der Waals surface area (Å²) in [5.41, 5.74) is -0.126. The van der Waals surface area contributed by atoms with Crippen molar-refractivity contribution in [3.63, 3.8) is 0 Å². The van der Waals surface area contributed by atoms with Crippen molar-refractivity contribution in [2.24, 2.45) is 11.3 Å². The van der Waals surface area contributed by atoms with E-state index >= 15 is 0 Å². The van der Waals surface area contributed by atoms with Gasteiger partial charge in [0.05, 0.1) is 0 Å². The quantitative estimate of drug-likeness (QED) is 0.700. The molecular formula is C15H27NO. The molecule has 2 heteroatoms. The molecule has 1 saturated carbocycles. The summed E-state index contributed by atoms with van der Waals surface area (Å²) in [4.78, 5) is 13.9. The molecule has 3 unspecified atom stereocenters. The molecule has 1 heterocycles. The van der Waals surface area contributed by atoms with Crippen LogP contribution in [0.4, 0.5) is 0 Å². The summed E-state index contributed by atoms with van der Waals surface area (Å²) in [5.74, 6) is 0.922. The first-order chi connectivity index (χ1) is 8.18. The van der Waals surface area contributed by atoms with E-state index in [1.807, 2.05) is 0 Å². The molecular weight excluding hydrogens is 210 g/mol. The summed E-state index contributed by atoms with van der Waals surface area (Å²) in [6.07, 6.45) is 10.5. The summed E-state index contributed by atoms with van der Waals surface area (Å²) in [6, 6.07) is 0.781. The number of hydrogen-bond donors (Lipinski definition) is 0. The van der Waals surface area contributed by atoms with Gasteiger partial charge in [0.2, 0.25) is 0 Å². The van der Waals surface area contributed by atoms with Crippen molar-refractivity contribution in [3.8, 4) is 0 Å². The van der Waals surface area contributed by atoms with Crippen molar-refractivity contribution in [2.45, 2.75) is 64.8 Å². The number of rotatable bonds is 4. The van der Waals surface area contributed by atoms with E-state index in [4.69, 9.17) is 0 Å². The highest BCUT2D eigenvalue weighted by Gasteiger charge is 2.36. The van der Waals surface area contributed by atoms with Crippen molar-refractivity contribution >= 4 is 6.29 Å². The maximum atomic E-state index is 11.3. The van der Waals surface area contributed by atoms with Crippen LogP contribution in [-0.4, -0.2) is 30.3 Å². The molecule has 0 aromatic heterocycles. The fourth-order valence-electron chi connectivity index (χ4n) is 3.62. The van der Waals surface area contributed by atoms with Crippen LogP contribution in [0, 0.1) is 11.3 Å². The predicted molar refractivity (Wildman–Crippen MR) is 71.0 cm³/mol. The Bertz CT molecular complexity index is 264. The van der Waals surface area contributed by atoms with Gasteiger partial charge in [0.15, 0.2) is 0 Å². The fraction of sp³-hybridized carbons (Fsp3) is 0.933. The molecule has 17 heavy (non-hydrogen) atoms. The fourth-order valence-corrected chi connectivity index (χ4v) is 3.62. The SMILES string of the molecule is CCC(C)(C=O)CN1CCCC2CCCCC21. The Labute approximate surface area is 106 Å². The van der Waals surface area contributed by atoms with Gasteiger partial charge in [-0.1, -0.05) is 26.7 Å². The summed E-state index contributed by atoms with van der Waals surface area (Å²) in [7, 11) is 0. The summed E-state index contributed by atoms with van der Waals surface area (Å²) in [5, 5.41) is 0. The van der Waals surface area contributed by atoms with E-state index in [0.29, 0.717) is 0 Å². The zero-order valence-corrected chi connectivity index (χ0v) is 11.5. The van der Waals surface area contributed by atoms with Gasteiger partial charge in [-0.3, -0.25) is 4.90 Å². The summed E-state index contributed by atoms with van der Waals surface area (Å²) in [6.45, 7) is 6.45. The van der Waals surface area contributed by atoms with Crippen LogP contribution in [0.1, 0.15) is 58.8 Å². The van der Waals surface area contributed by atoms with E-state index in [2.05, 4.69) is 18.7 Å². The van der Waals surface area contributed by atoms with E-state index in [1.165, 1.54) is 51.4 Å². The lowest BCUT2D eigenvalue weighted by Crippen LogP contribution is -2.50. The highest BCUT2D eigenvalue weighted by Crippen LogP contribution is 2.36. The van der Waals surface area contributed by atoms with E-state index < -0.39 is 0 Å². The van der Waals surface area contributed by atoms with Crippen LogP contribution in [0.3, 0.4) is 0 Å². The van der Waals surface area contributed by atoms with Crippen LogP contribution in [0.5, 0.6) is 0 Å². The van der Waals surface area contributed by atoms with Crippen LogP contribution < -0.4 is 0 Å². The summed E-state index contributed by atoms with van der Waals surface area (Å²) >= 11 is 0. The Morgan fingerprint density at radius 2 is 1.94 bits per heavy atom. The van der Waals surface area contributed by atoms with E-state index in [-0.39, 0.29) is 5.41 Å². The van der Waals surface area contributed by atoms with Crippen LogP contribution in [-0.2, 0) is 4.79 Å². The highest BCUT2D eigenvalue weighted by molar-refractivity contribution is 5.58. The average Bonchev–Trinajstić information content (AvgIpc) is 2.39. The number of aldehydes is 1.